The van der Waals surface area contributed by atoms with Gasteiger partial charge in [0.05, 0.1) is 12.6 Å². The Morgan fingerprint density at radius 3 is 2.50 bits per heavy atom. The van der Waals surface area contributed by atoms with E-state index in [1.54, 1.807) is 6.92 Å². The lowest BCUT2D eigenvalue weighted by molar-refractivity contribution is -0.113. The highest BCUT2D eigenvalue weighted by Crippen LogP contribution is 2.31. The van der Waals surface area contributed by atoms with Gasteiger partial charge in [-0.1, -0.05) is 36.4 Å². The molecule has 2 rings (SSSR count). The van der Waals surface area contributed by atoms with Crippen LogP contribution in [0.1, 0.15) is 39.7 Å². The Morgan fingerprint density at radius 2 is 1.95 bits per heavy atom. The maximum absolute atomic E-state index is 12.7. The monoisotopic (exact) mass is 319 g/mol. The fraction of sp³-hybridized carbons (Fsp3) is 0.500. The predicted octanol–water partition coefficient (Wildman–Crippen LogP) is 3.28. The quantitative estimate of drug-likeness (QED) is 0.782. The number of hydrogen-bond donors (Lipinski definition) is 0. The first kappa shape index (κ1) is 17.3. The topological polar surface area (TPSA) is 43.4 Å². The molecule has 1 aromatic rings. The van der Waals surface area contributed by atoms with Gasteiger partial charge in [-0.25, -0.2) is 0 Å². The molecule has 0 N–H and O–H groups in total. The van der Waals surface area contributed by atoms with Crippen LogP contribution in [0.3, 0.4) is 0 Å². The number of carbonyl (C=O) groups excluding carboxylic acids is 1. The fourth-order valence-electron chi connectivity index (χ4n) is 2.77. The molecule has 0 aromatic heterocycles. The number of nitrogens with zero attached hydrogens (tertiary/aromatic N) is 1. The molecule has 0 spiro atoms. The molecule has 1 unspecified atom stereocenters. The van der Waals surface area contributed by atoms with Gasteiger partial charge < -0.3 is 4.55 Å². The number of aryl methyl sites for hydroxylation is 1. The second-order valence-electron chi connectivity index (χ2n) is 6.72. The van der Waals surface area contributed by atoms with E-state index in [2.05, 4.69) is 12.1 Å². The van der Waals surface area contributed by atoms with E-state index in [-0.39, 0.29) is 16.6 Å². The summed E-state index contributed by atoms with van der Waals surface area (Å²) in [4.78, 5) is 11.9. The van der Waals surface area contributed by atoms with E-state index in [0.717, 1.165) is 18.4 Å². The molecule has 0 bridgehead atoms. The van der Waals surface area contributed by atoms with Crippen LogP contribution in [0.2, 0.25) is 0 Å². The highest BCUT2D eigenvalue weighted by Gasteiger charge is 2.42. The van der Waals surface area contributed by atoms with Gasteiger partial charge in [0, 0.05) is 16.9 Å². The summed E-state index contributed by atoms with van der Waals surface area (Å²) in [6, 6.07) is 10.2. The van der Waals surface area contributed by atoms with E-state index in [0.29, 0.717) is 6.54 Å². The lowest BCUT2D eigenvalue weighted by atomic mass is 9.99. The SMILES string of the molecule is CC(=O)C1=CCN([S+]([O-])C(C)(C)C)[C@H]1CCc1ccccc1. The molecule has 0 saturated heterocycles. The van der Waals surface area contributed by atoms with Crippen LogP contribution < -0.4 is 0 Å². The molecule has 1 aliphatic heterocycles. The van der Waals surface area contributed by atoms with Gasteiger partial charge in [-0.2, -0.15) is 0 Å². The number of carbonyl (C=O) groups is 1. The van der Waals surface area contributed by atoms with E-state index in [9.17, 15) is 9.35 Å². The van der Waals surface area contributed by atoms with Gasteiger partial charge in [0.15, 0.2) is 5.78 Å². The molecule has 1 aliphatic rings. The zero-order valence-corrected chi connectivity index (χ0v) is 14.7. The van der Waals surface area contributed by atoms with Gasteiger partial charge in [-0.3, -0.25) is 4.79 Å². The van der Waals surface area contributed by atoms with Crippen molar-refractivity contribution in [2.45, 2.75) is 51.3 Å². The van der Waals surface area contributed by atoms with Gasteiger partial charge in [-0.15, -0.1) is 4.31 Å². The lowest BCUT2D eigenvalue weighted by Crippen LogP contribution is -2.47. The number of benzene rings is 1. The molecule has 2 atom stereocenters. The summed E-state index contributed by atoms with van der Waals surface area (Å²) >= 11 is -1.11. The summed E-state index contributed by atoms with van der Waals surface area (Å²) in [5.41, 5.74) is 2.06. The van der Waals surface area contributed by atoms with E-state index >= 15 is 0 Å². The van der Waals surface area contributed by atoms with Crippen molar-refractivity contribution in [3.63, 3.8) is 0 Å². The van der Waals surface area contributed by atoms with Crippen LogP contribution in [-0.4, -0.2) is 32.0 Å². The predicted molar refractivity (Wildman–Crippen MR) is 91.9 cm³/mol. The minimum absolute atomic E-state index is 0.0437. The van der Waals surface area contributed by atoms with Crippen LogP contribution in [0.25, 0.3) is 0 Å². The Morgan fingerprint density at radius 1 is 1.32 bits per heavy atom. The van der Waals surface area contributed by atoms with Crippen LogP contribution in [0.15, 0.2) is 42.0 Å². The third-order valence-corrected chi connectivity index (χ3v) is 5.77. The fourth-order valence-corrected chi connectivity index (χ4v) is 4.13. The van der Waals surface area contributed by atoms with Crippen LogP contribution in [-0.2, 0) is 22.6 Å². The average Bonchev–Trinajstić information content (AvgIpc) is 2.88. The van der Waals surface area contributed by atoms with Crippen LogP contribution >= 0.6 is 0 Å². The summed E-state index contributed by atoms with van der Waals surface area (Å²) in [5, 5.41) is 0. The van der Waals surface area contributed by atoms with Crippen molar-refractivity contribution in [3.8, 4) is 0 Å². The molecular formula is C18H25NO2S. The second kappa shape index (κ2) is 6.99. The summed E-state index contributed by atoms with van der Waals surface area (Å²) in [6.07, 6.45) is 3.65. The van der Waals surface area contributed by atoms with E-state index < -0.39 is 11.4 Å². The summed E-state index contributed by atoms with van der Waals surface area (Å²) in [6.45, 7) is 8.12. The van der Waals surface area contributed by atoms with Crippen molar-refractivity contribution in [2.24, 2.45) is 0 Å². The summed E-state index contributed by atoms with van der Waals surface area (Å²) < 4.78 is 14.4. The van der Waals surface area contributed by atoms with Crippen molar-refractivity contribution in [3.05, 3.63) is 47.5 Å². The highest BCUT2D eigenvalue weighted by atomic mass is 32.2. The third kappa shape index (κ3) is 4.00. The number of rotatable bonds is 5. The van der Waals surface area contributed by atoms with Crippen LogP contribution in [0.4, 0.5) is 0 Å². The van der Waals surface area contributed by atoms with Gasteiger partial charge in [-0.05, 0) is 46.1 Å². The average molecular weight is 319 g/mol. The molecule has 0 radical (unpaired) electrons. The number of hydrogen-bond acceptors (Lipinski definition) is 3. The van der Waals surface area contributed by atoms with Crippen molar-refractivity contribution < 1.29 is 9.35 Å². The first-order chi connectivity index (χ1) is 10.3. The zero-order valence-electron chi connectivity index (χ0n) is 13.8. The van der Waals surface area contributed by atoms with Gasteiger partial charge >= 0.3 is 0 Å². The van der Waals surface area contributed by atoms with Crippen molar-refractivity contribution in [2.75, 3.05) is 6.54 Å². The van der Waals surface area contributed by atoms with Crippen molar-refractivity contribution >= 4 is 17.1 Å². The lowest BCUT2D eigenvalue weighted by Gasteiger charge is -2.34. The minimum atomic E-state index is -1.11. The molecule has 3 nitrogen and oxygen atoms in total. The largest absolute Gasteiger partial charge is 0.597 e. The van der Waals surface area contributed by atoms with E-state index in [4.69, 9.17) is 0 Å². The molecule has 0 aliphatic carbocycles. The van der Waals surface area contributed by atoms with E-state index in [1.165, 1.54) is 5.56 Å². The molecule has 0 fully saturated rings. The Hall–Kier alpha value is -1.10. The molecule has 4 heteroatoms. The molecule has 1 heterocycles. The Bertz CT molecular complexity index is 548. The highest BCUT2D eigenvalue weighted by molar-refractivity contribution is 7.90. The molecule has 1 aromatic carbocycles. The van der Waals surface area contributed by atoms with Crippen LogP contribution in [0, 0.1) is 0 Å². The maximum atomic E-state index is 12.7. The maximum Gasteiger partial charge on any atom is 0.157 e. The summed E-state index contributed by atoms with van der Waals surface area (Å²) in [7, 11) is 0. The molecule has 0 saturated carbocycles. The van der Waals surface area contributed by atoms with Crippen molar-refractivity contribution in [1.82, 2.24) is 4.31 Å². The smallest absolute Gasteiger partial charge is 0.157 e. The molecule has 120 valence electrons. The van der Waals surface area contributed by atoms with Gasteiger partial charge in [0.25, 0.3) is 0 Å². The zero-order chi connectivity index (χ0) is 16.3. The normalized spacial score (nSPS) is 20.8. The Kier molecular flexibility index (Phi) is 5.48. The second-order valence-corrected chi connectivity index (χ2v) is 8.91. The molecular weight excluding hydrogens is 294 g/mol. The van der Waals surface area contributed by atoms with Crippen LogP contribution in [0.5, 0.6) is 0 Å². The Balaban J connectivity index is 2.13. The minimum Gasteiger partial charge on any atom is -0.597 e. The standard InChI is InChI=1S/C18H25NO2S/c1-14(20)16-12-13-19(22(21)18(2,3)4)17(16)11-10-15-8-6-5-7-9-15/h5-9,12,17H,10-11,13H2,1-4H3/t17-,22?/m0/s1. The van der Waals surface area contributed by atoms with E-state index in [1.807, 2.05) is 49.4 Å². The third-order valence-electron chi connectivity index (χ3n) is 3.89. The van der Waals surface area contributed by atoms with Crippen molar-refractivity contribution in [1.29, 1.82) is 0 Å². The van der Waals surface area contributed by atoms with Gasteiger partial charge in [0.1, 0.15) is 4.75 Å². The molecule has 22 heavy (non-hydrogen) atoms. The first-order valence-corrected chi connectivity index (χ1v) is 8.85. The first-order valence-electron chi connectivity index (χ1n) is 7.74. The summed E-state index contributed by atoms with van der Waals surface area (Å²) in [5.74, 6) is 0.0893. The number of Topliss-reactive ketones (excluding diaryl/α,β-unsaturated/α-hetero) is 1. The molecule has 0 amide bonds. The Labute approximate surface area is 136 Å². The number of ketones is 1. The van der Waals surface area contributed by atoms with Gasteiger partial charge in [0.2, 0.25) is 0 Å².